The van der Waals surface area contributed by atoms with Crippen LogP contribution in [0.4, 0.5) is 0 Å². The lowest BCUT2D eigenvalue weighted by Gasteiger charge is -2.09. The summed E-state index contributed by atoms with van der Waals surface area (Å²) < 4.78 is 11.0. The van der Waals surface area contributed by atoms with E-state index in [1.54, 1.807) is 36.4 Å². The van der Waals surface area contributed by atoms with Crippen LogP contribution in [0.3, 0.4) is 0 Å². The van der Waals surface area contributed by atoms with Gasteiger partial charge in [-0.15, -0.1) is 0 Å². The van der Waals surface area contributed by atoms with Crippen molar-refractivity contribution >= 4 is 17.5 Å². The van der Waals surface area contributed by atoms with E-state index in [4.69, 9.17) is 26.9 Å². The normalized spacial score (nSPS) is 10.0. The Kier molecular flexibility index (Phi) is 5.43. The van der Waals surface area contributed by atoms with Crippen molar-refractivity contribution < 1.29 is 14.3 Å². The van der Waals surface area contributed by atoms with Gasteiger partial charge in [0, 0.05) is 10.6 Å². The zero-order chi connectivity index (χ0) is 15.1. The van der Waals surface area contributed by atoms with Crippen LogP contribution in [0.2, 0.25) is 5.02 Å². The number of benzene rings is 2. The number of carbonyl (C=O) groups excluding carboxylic acids is 1. The van der Waals surface area contributed by atoms with Crippen LogP contribution in [0.15, 0.2) is 48.5 Å². The number of hydrazine groups is 1. The average Bonchev–Trinajstić information content (AvgIpc) is 2.51. The molecule has 0 heterocycles. The summed E-state index contributed by atoms with van der Waals surface area (Å²) in [4.78, 5) is 11.4. The molecule has 0 aliphatic heterocycles. The summed E-state index contributed by atoms with van der Waals surface area (Å²) in [6.45, 7) is 0.716. The smallest absolute Gasteiger partial charge is 0.265 e. The largest absolute Gasteiger partial charge is 0.490 e. The molecule has 5 nitrogen and oxygen atoms in total. The molecule has 0 radical (unpaired) electrons. The molecule has 2 rings (SSSR count). The van der Waals surface area contributed by atoms with Gasteiger partial charge in [0.05, 0.1) is 0 Å². The highest BCUT2D eigenvalue weighted by Crippen LogP contribution is 2.17. The number of hydrogen-bond acceptors (Lipinski definition) is 4. The molecule has 0 unspecified atom stereocenters. The van der Waals surface area contributed by atoms with Gasteiger partial charge in [-0.05, 0) is 36.4 Å². The minimum atomic E-state index is -0.365. The van der Waals surface area contributed by atoms with Gasteiger partial charge in [-0.3, -0.25) is 10.2 Å². The lowest BCUT2D eigenvalue weighted by Crippen LogP contribution is -2.29. The number of ether oxygens (including phenoxy) is 2. The van der Waals surface area contributed by atoms with Crippen LogP contribution in [0.25, 0.3) is 0 Å². The van der Waals surface area contributed by atoms with Crippen molar-refractivity contribution in [1.82, 2.24) is 5.43 Å². The second-order valence-corrected chi connectivity index (χ2v) is 4.59. The summed E-state index contributed by atoms with van der Waals surface area (Å²) in [5.74, 6) is 5.97. The van der Waals surface area contributed by atoms with Gasteiger partial charge in [0.1, 0.15) is 24.7 Å². The maximum absolute atomic E-state index is 11.4. The standard InChI is InChI=1S/C15H15ClN2O3/c16-12-4-2-6-14(10-12)21-8-7-20-13-5-1-3-11(9-13)15(19)18-17/h1-6,9-10H,7-8,17H2,(H,18,19). The predicted molar refractivity (Wildman–Crippen MR) is 80.5 cm³/mol. The van der Waals surface area contributed by atoms with Crippen molar-refractivity contribution in [3.63, 3.8) is 0 Å². The molecule has 3 N–H and O–H groups in total. The SMILES string of the molecule is NNC(=O)c1cccc(OCCOc2cccc(Cl)c2)c1. The molecule has 0 aliphatic rings. The molecule has 0 aromatic heterocycles. The van der Waals surface area contributed by atoms with Gasteiger partial charge in [-0.25, -0.2) is 5.84 Å². The Hall–Kier alpha value is -2.24. The molecule has 0 spiro atoms. The lowest BCUT2D eigenvalue weighted by molar-refractivity contribution is 0.0953. The van der Waals surface area contributed by atoms with Crippen LogP contribution in [-0.2, 0) is 0 Å². The fourth-order valence-electron chi connectivity index (χ4n) is 1.69. The van der Waals surface area contributed by atoms with E-state index in [2.05, 4.69) is 5.43 Å². The fourth-order valence-corrected chi connectivity index (χ4v) is 1.87. The van der Waals surface area contributed by atoms with E-state index in [0.29, 0.717) is 35.3 Å². The minimum absolute atomic E-state index is 0.347. The first-order valence-corrected chi connectivity index (χ1v) is 6.69. The Labute approximate surface area is 127 Å². The van der Waals surface area contributed by atoms with Crippen LogP contribution in [0.5, 0.6) is 11.5 Å². The van der Waals surface area contributed by atoms with E-state index in [0.717, 1.165) is 0 Å². The molecule has 110 valence electrons. The maximum Gasteiger partial charge on any atom is 0.265 e. The van der Waals surface area contributed by atoms with E-state index in [1.807, 2.05) is 12.1 Å². The summed E-state index contributed by atoms with van der Waals surface area (Å²) in [5, 5.41) is 0.619. The number of carbonyl (C=O) groups is 1. The number of nitrogens with two attached hydrogens (primary N) is 1. The summed E-state index contributed by atoms with van der Waals surface area (Å²) in [5.41, 5.74) is 2.51. The molecule has 0 atom stereocenters. The highest BCUT2D eigenvalue weighted by atomic mass is 35.5. The van der Waals surface area contributed by atoms with E-state index >= 15 is 0 Å². The van der Waals surface area contributed by atoms with Crippen LogP contribution in [-0.4, -0.2) is 19.1 Å². The van der Waals surface area contributed by atoms with Gasteiger partial charge < -0.3 is 9.47 Å². The highest BCUT2D eigenvalue weighted by Gasteiger charge is 2.04. The first-order valence-electron chi connectivity index (χ1n) is 6.31. The van der Waals surface area contributed by atoms with Crippen LogP contribution < -0.4 is 20.7 Å². The van der Waals surface area contributed by atoms with Crippen LogP contribution in [0.1, 0.15) is 10.4 Å². The number of hydrogen-bond donors (Lipinski definition) is 2. The Balaban J connectivity index is 1.82. The minimum Gasteiger partial charge on any atom is -0.490 e. The Bertz CT molecular complexity index is 619. The van der Waals surface area contributed by atoms with E-state index in [-0.39, 0.29) is 5.91 Å². The third kappa shape index (κ3) is 4.66. The summed E-state index contributed by atoms with van der Waals surface area (Å²) in [6.07, 6.45) is 0. The third-order valence-electron chi connectivity index (χ3n) is 2.64. The molecule has 0 fully saturated rings. The first kappa shape index (κ1) is 15.2. The van der Waals surface area contributed by atoms with Gasteiger partial charge in [0.2, 0.25) is 0 Å². The number of nitrogen functional groups attached to an aromatic ring is 1. The van der Waals surface area contributed by atoms with Crippen molar-refractivity contribution in [3.05, 3.63) is 59.1 Å². The van der Waals surface area contributed by atoms with Crippen LogP contribution in [0, 0.1) is 0 Å². The fraction of sp³-hybridized carbons (Fsp3) is 0.133. The van der Waals surface area contributed by atoms with Crippen molar-refractivity contribution in [2.75, 3.05) is 13.2 Å². The average molecular weight is 307 g/mol. The van der Waals surface area contributed by atoms with E-state index in [1.165, 1.54) is 0 Å². The van der Waals surface area contributed by atoms with Crippen molar-refractivity contribution in [1.29, 1.82) is 0 Å². The quantitative estimate of drug-likeness (QED) is 0.372. The Morgan fingerprint density at radius 2 is 1.67 bits per heavy atom. The molecule has 6 heteroatoms. The van der Waals surface area contributed by atoms with E-state index < -0.39 is 0 Å². The highest BCUT2D eigenvalue weighted by molar-refractivity contribution is 6.30. The Morgan fingerprint density at radius 3 is 2.29 bits per heavy atom. The molecule has 2 aromatic rings. The number of halogens is 1. The molecular formula is C15H15ClN2O3. The summed E-state index contributed by atoms with van der Waals surface area (Å²) in [7, 11) is 0. The summed E-state index contributed by atoms with van der Waals surface area (Å²) >= 11 is 5.86. The topological polar surface area (TPSA) is 73.6 Å². The van der Waals surface area contributed by atoms with Gasteiger partial charge in [-0.2, -0.15) is 0 Å². The molecule has 21 heavy (non-hydrogen) atoms. The molecule has 2 aromatic carbocycles. The maximum atomic E-state index is 11.4. The van der Waals surface area contributed by atoms with Gasteiger partial charge in [0.15, 0.2) is 0 Å². The second-order valence-electron chi connectivity index (χ2n) is 4.16. The number of rotatable bonds is 6. The van der Waals surface area contributed by atoms with Gasteiger partial charge >= 0.3 is 0 Å². The van der Waals surface area contributed by atoms with Gasteiger partial charge in [0.25, 0.3) is 5.91 Å². The van der Waals surface area contributed by atoms with Crippen molar-refractivity contribution in [3.8, 4) is 11.5 Å². The lowest BCUT2D eigenvalue weighted by atomic mass is 10.2. The monoisotopic (exact) mass is 306 g/mol. The van der Waals surface area contributed by atoms with Crippen molar-refractivity contribution in [2.45, 2.75) is 0 Å². The number of nitrogens with one attached hydrogen (secondary N) is 1. The molecule has 1 amide bonds. The molecule has 0 saturated carbocycles. The van der Waals surface area contributed by atoms with Crippen molar-refractivity contribution in [2.24, 2.45) is 5.84 Å². The predicted octanol–water partition coefficient (Wildman–Crippen LogP) is 2.40. The second kappa shape index (κ2) is 7.52. The van der Waals surface area contributed by atoms with Gasteiger partial charge in [-0.1, -0.05) is 23.7 Å². The first-order chi connectivity index (χ1) is 10.2. The third-order valence-corrected chi connectivity index (χ3v) is 2.88. The number of amides is 1. The summed E-state index contributed by atoms with van der Waals surface area (Å²) in [6, 6.07) is 13.9. The molecule has 0 saturated heterocycles. The Morgan fingerprint density at radius 1 is 1.05 bits per heavy atom. The zero-order valence-electron chi connectivity index (χ0n) is 11.2. The van der Waals surface area contributed by atoms with Crippen LogP contribution >= 0.6 is 11.6 Å². The molecule has 0 aliphatic carbocycles. The van der Waals surface area contributed by atoms with E-state index in [9.17, 15) is 4.79 Å². The zero-order valence-corrected chi connectivity index (χ0v) is 12.0. The molecule has 0 bridgehead atoms. The molecular weight excluding hydrogens is 292 g/mol.